The molecule has 0 spiro atoms. The zero-order chi connectivity index (χ0) is 21.1. The highest BCUT2D eigenvalue weighted by Crippen LogP contribution is 2.41. The predicted molar refractivity (Wildman–Crippen MR) is 104 cm³/mol. The third-order valence-corrected chi connectivity index (χ3v) is 6.44. The van der Waals surface area contributed by atoms with Crippen LogP contribution in [-0.4, -0.2) is 34.7 Å². The molecular formula is C20H23F3N2O3S. The van der Waals surface area contributed by atoms with E-state index in [9.17, 15) is 21.6 Å². The number of rotatable bonds is 6. The van der Waals surface area contributed by atoms with Crippen LogP contribution in [-0.2, 0) is 27.5 Å². The van der Waals surface area contributed by atoms with Crippen molar-refractivity contribution < 1.29 is 26.3 Å². The van der Waals surface area contributed by atoms with Crippen LogP contribution in [0.25, 0.3) is 11.1 Å². The van der Waals surface area contributed by atoms with Gasteiger partial charge in [0.1, 0.15) is 0 Å². The van der Waals surface area contributed by atoms with E-state index < -0.39 is 32.7 Å². The standard InChI is InChI=1S/C20H23F3N2O3S/c1-28-13-17-16(14-5-3-2-4-6-14)7-8-18(19(17)20(21,22)23)29(26,27)25-15-9-11-24-12-10-15/h2-8,15,24-25H,9-13H2,1H3. The third-order valence-electron chi connectivity index (χ3n) is 4.88. The van der Waals surface area contributed by atoms with Crippen molar-refractivity contribution in [3.8, 4) is 11.1 Å². The Morgan fingerprint density at radius 2 is 1.76 bits per heavy atom. The van der Waals surface area contributed by atoms with E-state index in [1.165, 1.54) is 13.2 Å². The summed E-state index contributed by atoms with van der Waals surface area (Å²) >= 11 is 0. The summed E-state index contributed by atoms with van der Waals surface area (Å²) in [4.78, 5) is -0.768. The number of ether oxygens (including phenoxy) is 1. The molecule has 0 aromatic heterocycles. The molecule has 1 aliphatic heterocycles. The maximum absolute atomic E-state index is 14.1. The van der Waals surface area contributed by atoms with E-state index in [4.69, 9.17) is 4.74 Å². The van der Waals surface area contributed by atoms with Gasteiger partial charge in [-0.3, -0.25) is 0 Å². The SMILES string of the molecule is COCc1c(-c2ccccc2)ccc(S(=O)(=O)NC2CCNCC2)c1C(F)(F)F. The number of methoxy groups -OCH3 is 1. The van der Waals surface area contributed by atoms with Crippen LogP contribution < -0.4 is 10.0 Å². The van der Waals surface area contributed by atoms with E-state index in [0.29, 0.717) is 37.1 Å². The summed E-state index contributed by atoms with van der Waals surface area (Å²) in [7, 11) is -3.09. The van der Waals surface area contributed by atoms with Crippen LogP contribution in [0.15, 0.2) is 47.4 Å². The highest BCUT2D eigenvalue weighted by atomic mass is 32.2. The van der Waals surface area contributed by atoms with Gasteiger partial charge in [-0.25, -0.2) is 13.1 Å². The van der Waals surface area contributed by atoms with Crippen LogP contribution in [0.3, 0.4) is 0 Å². The van der Waals surface area contributed by atoms with Crippen LogP contribution >= 0.6 is 0 Å². The molecule has 0 saturated carbocycles. The lowest BCUT2D eigenvalue weighted by atomic mass is 9.95. The summed E-state index contributed by atoms with van der Waals surface area (Å²) in [5, 5.41) is 3.10. The summed E-state index contributed by atoms with van der Waals surface area (Å²) in [5.41, 5.74) is -0.526. The lowest BCUT2D eigenvalue weighted by Gasteiger charge is -2.25. The van der Waals surface area contributed by atoms with E-state index in [1.807, 2.05) is 0 Å². The van der Waals surface area contributed by atoms with Crippen LogP contribution in [0.2, 0.25) is 0 Å². The summed E-state index contributed by atoms with van der Waals surface area (Å²) in [6.45, 7) is 0.859. The van der Waals surface area contributed by atoms with Crippen molar-refractivity contribution >= 4 is 10.0 Å². The third kappa shape index (κ3) is 4.98. The quantitative estimate of drug-likeness (QED) is 0.739. The number of hydrogen-bond donors (Lipinski definition) is 2. The summed E-state index contributed by atoms with van der Waals surface area (Å²) in [5.74, 6) is 0. The van der Waals surface area contributed by atoms with Crippen LogP contribution in [0.1, 0.15) is 24.0 Å². The zero-order valence-corrected chi connectivity index (χ0v) is 16.7. The second-order valence-electron chi connectivity index (χ2n) is 6.91. The molecule has 1 heterocycles. The molecule has 0 amide bonds. The highest BCUT2D eigenvalue weighted by Gasteiger charge is 2.41. The van der Waals surface area contributed by atoms with Crippen molar-refractivity contribution in [2.75, 3.05) is 20.2 Å². The molecule has 1 saturated heterocycles. The second-order valence-corrected chi connectivity index (χ2v) is 8.59. The number of benzene rings is 2. The molecule has 3 rings (SSSR count). The van der Waals surface area contributed by atoms with E-state index in [-0.39, 0.29) is 12.2 Å². The van der Waals surface area contributed by atoms with Crippen LogP contribution in [0.5, 0.6) is 0 Å². The van der Waals surface area contributed by atoms with E-state index in [0.717, 1.165) is 6.07 Å². The molecule has 1 fully saturated rings. The minimum atomic E-state index is -4.86. The van der Waals surface area contributed by atoms with Gasteiger partial charge in [0.2, 0.25) is 10.0 Å². The first kappa shape index (κ1) is 21.8. The van der Waals surface area contributed by atoms with Crippen molar-refractivity contribution in [1.82, 2.24) is 10.0 Å². The number of sulfonamides is 1. The largest absolute Gasteiger partial charge is 0.418 e. The van der Waals surface area contributed by atoms with Gasteiger partial charge < -0.3 is 10.1 Å². The molecule has 0 aliphatic carbocycles. The Balaban J connectivity index is 2.15. The van der Waals surface area contributed by atoms with Crippen molar-refractivity contribution in [1.29, 1.82) is 0 Å². The Hall–Kier alpha value is -1.94. The molecule has 158 valence electrons. The Bertz CT molecular complexity index is 941. The smallest absolute Gasteiger partial charge is 0.380 e. The fourth-order valence-corrected chi connectivity index (χ4v) is 5.12. The van der Waals surface area contributed by atoms with Gasteiger partial charge in [0.15, 0.2) is 0 Å². The van der Waals surface area contributed by atoms with Gasteiger partial charge in [0.05, 0.1) is 17.1 Å². The number of hydrogen-bond acceptors (Lipinski definition) is 4. The predicted octanol–water partition coefficient (Wildman–Crippen LogP) is 3.55. The van der Waals surface area contributed by atoms with Crippen molar-refractivity contribution in [2.24, 2.45) is 0 Å². The van der Waals surface area contributed by atoms with Crippen molar-refractivity contribution in [3.05, 3.63) is 53.6 Å². The molecule has 29 heavy (non-hydrogen) atoms. The lowest BCUT2D eigenvalue weighted by Crippen LogP contribution is -2.43. The van der Waals surface area contributed by atoms with Gasteiger partial charge in [0.25, 0.3) is 0 Å². The number of alkyl halides is 3. The van der Waals surface area contributed by atoms with Gasteiger partial charge in [-0.15, -0.1) is 0 Å². The monoisotopic (exact) mass is 428 g/mol. The minimum Gasteiger partial charge on any atom is -0.380 e. The normalized spacial score (nSPS) is 16.1. The fourth-order valence-electron chi connectivity index (χ4n) is 3.57. The van der Waals surface area contributed by atoms with Gasteiger partial charge >= 0.3 is 6.18 Å². The molecule has 1 aliphatic rings. The van der Waals surface area contributed by atoms with E-state index >= 15 is 0 Å². The average molecular weight is 428 g/mol. The highest BCUT2D eigenvalue weighted by molar-refractivity contribution is 7.89. The Morgan fingerprint density at radius 3 is 2.34 bits per heavy atom. The molecule has 0 radical (unpaired) electrons. The maximum atomic E-state index is 14.1. The number of nitrogens with one attached hydrogen (secondary N) is 2. The first-order valence-electron chi connectivity index (χ1n) is 9.24. The Morgan fingerprint density at radius 1 is 1.10 bits per heavy atom. The summed E-state index contributed by atoms with van der Waals surface area (Å²) in [6, 6.07) is 10.6. The Kier molecular flexibility index (Phi) is 6.62. The molecule has 2 N–H and O–H groups in total. The molecule has 0 bridgehead atoms. The van der Waals surface area contributed by atoms with Gasteiger partial charge in [0, 0.05) is 13.2 Å². The van der Waals surface area contributed by atoms with Gasteiger partial charge in [-0.05, 0) is 48.7 Å². The first-order valence-corrected chi connectivity index (χ1v) is 10.7. The molecule has 0 unspecified atom stereocenters. The van der Waals surface area contributed by atoms with Crippen molar-refractivity contribution in [2.45, 2.75) is 36.6 Å². The zero-order valence-electron chi connectivity index (χ0n) is 15.9. The summed E-state index contributed by atoms with van der Waals surface area (Å²) < 4.78 is 75.5. The van der Waals surface area contributed by atoms with Gasteiger partial charge in [-0.1, -0.05) is 36.4 Å². The molecule has 2 aromatic carbocycles. The van der Waals surface area contributed by atoms with E-state index in [2.05, 4.69) is 10.0 Å². The Labute approximate surface area is 168 Å². The molecular weight excluding hydrogens is 405 g/mol. The topological polar surface area (TPSA) is 67.4 Å². The minimum absolute atomic E-state index is 0.195. The lowest BCUT2D eigenvalue weighted by molar-refractivity contribution is -0.141. The number of piperidine rings is 1. The molecule has 0 atom stereocenters. The average Bonchev–Trinajstić information content (AvgIpc) is 2.68. The number of halogens is 3. The molecule has 2 aromatic rings. The second kappa shape index (κ2) is 8.83. The van der Waals surface area contributed by atoms with Crippen molar-refractivity contribution in [3.63, 3.8) is 0 Å². The molecule has 9 heteroatoms. The fraction of sp³-hybridized carbons (Fsp3) is 0.400. The van der Waals surface area contributed by atoms with E-state index in [1.54, 1.807) is 30.3 Å². The van der Waals surface area contributed by atoms with Crippen LogP contribution in [0, 0.1) is 0 Å². The maximum Gasteiger partial charge on any atom is 0.418 e. The van der Waals surface area contributed by atoms with Gasteiger partial charge in [-0.2, -0.15) is 13.2 Å². The van der Waals surface area contributed by atoms with Crippen LogP contribution in [0.4, 0.5) is 13.2 Å². The molecule has 5 nitrogen and oxygen atoms in total. The first-order chi connectivity index (χ1) is 13.7. The summed E-state index contributed by atoms with van der Waals surface area (Å²) in [6.07, 6.45) is -3.82.